The van der Waals surface area contributed by atoms with Crippen molar-refractivity contribution in [3.8, 4) is 0 Å². The van der Waals surface area contributed by atoms with Gasteiger partial charge in [-0.2, -0.15) is 4.74 Å². The molecule has 0 bridgehead atoms. The minimum atomic E-state index is -0.241. The van der Waals surface area contributed by atoms with Crippen LogP contribution in [0.1, 0.15) is 0 Å². The lowest BCUT2D eigenvalue weighted by atomic mass is 10.5. The molecule has 0 aromatic rings. The standard InChI is InChI=1S/C4H3NO2/c6-4-1-2-5(7)3-4/h1-3H. The Morgan fingerprint density at radius 1 is 1.71 bits per heavy atom. The van der Waals surface area contributed by atoms with Gasteiger partial charge in [0, 0.05) is 0 Å². The number of carbonyl (C=O) groups excluding carboxylic acids is 1. The molecule has 0 unspecified atom stereocenters. The van der Waals surface area contributed by atoms with E-state index in [-0.39, 0.29) is 5.78 Å². The van der Waals surface area contributed by atoms with E-state index in [0.717, 1.165) is 6.21 Å². The van der Waals surface area contributed by atoms with Gasteiger partial charge in [0.15, 0.2) is 6.20 Å². The van der Waals surface area contributed by atoms with E-state index in [1.54, 1.807) is 0 Å². The van der Waals surface area contributed by atoms with Crippen molar-refractivity contribution in [1.82, 2.24) is 0 Å². The molecule has 0 N–H and O–H groups in total. The van der Waals surface area contributed by atoms with E-state index in [1.165, 1.54) is 12.3 Å². The zero-order valence-corrected chi connectivity index (χ0v) is 3.50. The van der Waals surface area contributed by atoms with Gasteiger partial charge in [0.1, 0.15) is 0 Å². The highest BCUT2D eigenvalue weighted by atomic mass is 16.5. The summed E-state index contributed by atoms with van der Waals surface area (Å²) in [7, 11) is 0. The van der Waals surface area contributed by atoms with Crippen LogP contribution in [0.25, 0.3) is 0 Å². The quantitative estimate of drug-likeness (QED) is 0.306. The van der Waals surface area contributed by atoms with Crippen molar-refractivity contribution in [2.45, 2.75) is 0 Å². The summed E-state index contributed by atoms with van der Waals surface area (Å²) in [6.07, 6.45) is 3.36. The van der Waals surface area contributed by atoms with Gasteiger partial charge in [-0.15, -0.1) is 0 Å². The second-order valence-corrected chi connectivity index (χ2v) is 1.21. The maximum absolute atomic E-state index is 10.1. The van der Waals surface area contributed by atoms with Crippen molar-refractivity contribution in [2.75, 3.05) is 0 Å². The van der Waals surface area contributed by atoms with Gasteiger partial charge in [0.25, 0.3) is 0 Å². The molecule has 1 rings (SSSR count). The van der Waals surface area contributed by atoms with Crippen LogP contribution in [0.15, 0.2) is 12.3 Å². The lowest BCUT2D eigenvalue weighted by Gasteiger charge is -1.83. The number of allylic oxidation sites excluding steroid dienone is 1. The van der Waals surface area contributed by atoms with Crippen LogP contribution in [0.3, 0.4) is 0 Å². The number of hydrogen-bond donors (Lipinski definition) is 0. The van der Waals surface area contributed by atoms with Gasteiger partial charge in [0.2, 0.25) is 12.0 Å². The Balaban J connectivity index is 2.88. The van der Waals surface area contributed by atoms with Gasteiger partial charge in [-0.3, -0.25) is 4.79 Å². The summed E-state index contributed by atoms with van der Waals surface area (Å²) >= 11 is 0. The second kappa shape index (κ2) is 1.18. The largest absolute Gasteiger partial charge is 0.619 e. The van der Waals surface area contributed by atoms with E-state index in [0.29, 0.717) is 4.74 Å². The first-order valence-electron chi connectivity index (χ1n) is 1.81. The lowest BCUT2D eigenvalue weighted by Crippen LogP contribution is -1.94. The molecule has 3 nitrogen and oxygen atoms in total. The number of nitrogens with zero attached hydrogens (tertiary/aromatic N) is 1. The maximum Gasteiger partial charge on any atom is 0.249 e. The molecule has 36 valence electrons. The molecule has 0 aromatic heterocycles. The number of hydrogen-bond acceptors (Lipinski definition) is 2. The fourth-order valence-electron chi connectivity index (χ4n) is 0.358. The molecule has 1 heterocycles. The Bertz CT molecular complexity index is 157. The number of rotatable bonds is 0. The number of carbonyl (C=O) groups is 1. The smallest absolute Gasteiger partial charge is 0.249 e. The van der Waals surface area contributed by atoms with E-state index in [4.69, 9.17) is 0 Å². The Morgan fingerprint density at radius 3 is 2.57 bits per heavy atom. The average molecular weight is 97.1 g/mol. The summed E-state index contributed by atoms with van der Waals surface area (Å²) in [6.45, 7) is 0. The van der Waals surface area contributed by atoms with Crippen LogP contribution in [0, 0.1) is 5.21 Å². The second-order valence-electron chi connectivity index (χ2n) is 1.21. The van der Waals surface area contributed by atoms with Gasteiger partial charge in [-0.25, -0.2) is 0 Å². The van der Waals surface area contributed by atoms with Gasteiger partial charge < -0.3 is 5.21 Å². The molecule has 0 aromatic carbocycles. The Hall–Kier alpha value is -1.12. The van der Waals surface area contributed by atoms with Gasteiger partial charge >= 0.3 is 0 Å². The molecule has 0 saturated carbocycles. The monoisotopic (exact) mass is 97.0 g/mol. The van der Waals surface area contributed by atoms with Gasteiger partial charge in [-0.05, 0) is 0 Å². The van der Waals surface area contributed by atoms with Crippen LogP contribution in [0.4, 0.5) is 0 Å². The van der Waals surface area contributed by atoms with Crippen molar-refractivity contribution >= 4 is 12.0 Å². The predicted molar refractivity (Wildman–Crippen MR) is 23.8 cm³/mol. The highest BCUT2D eigenvalue weighted by molar-refractivity contribution is 6.32. The van der Waals surface area contributed by atoms with Crippen LogP contribution >= 0.6 is 0 Å². The first-order chi connectivity index (χ1) is 3.29. The van der Waals surface area contributed by atoms with Crippen molar-refractivity contribution in [1.29, 1.82) is 0 Å². The molecule has 0 atom stereocenters. The SMILES string of the molecule is O=C1C=C[N+]([O-])=C1. The first-order valence-corrected chi connectivity index (χ1v) is 1.81. The van der Waals surface area contributed by atoms with E-state index < -0.39 is 0 Å². The zero-order chi connectivity index (χ0) is 5.28. The minimum absolute atomic E-state index is 0.241. The summed E-state index contributed by atoms with van der Waals surface area (Å²) in [6, 6.07) is 0. The third-order valence-corrected chi connectivity index (χ3v) is 0.640. The summed E-state index contributed by atoms with van der Waals surface area (Å²) in [5.41, 5.74) is 0. The molecule has 0 fully saturated rings. The molecule has 0 aliphatic carbocycles. The molecule has 0 radical (unpaired) electrons. The third-order valence-electron chi connectivity index (χ3n) is 0.640. The fourth-order valence-corrected chi connectivity index (χ4v) is 0.358. The number of ketones is 1. The van der Waals surface area contributed by atoms with Crippen molar-refractivity contribution < 1.29 is 9.53 Å². The van der Waals surface area contributed by atoms with Crippen molar-refractivity contribution in [2.24, 2.45) is 0 Å². The molecule has 0 amide bonds. The van der Waals surface area contributed by atoms with Crippen LogP contribution < -0.4 is 0 Å². The normalized spacial score (nSPS) is 17.7. The van der Waals surface area contributed by atoms with Gasteiger partial charge in [-0.1, -0.05) is 0 Å². The van der Waals surface area contributed by atoms with Crippen LogP contribution in [-0.4, -0.2) is 16.7 Å². The average Bonchev–Trinajstić information content (AvgIpc) is 1.87. The molecule has 3 heteroatoms. The Kier molecular flexibility index (Phi) is 0.685. The summed E-state index contributed by atoms with van der Waals surface area (Å²) in [5, 5.41) is 10.0. The zero-order valence-electron chi connectivity index (χ0n) is 3.50. The van der Waals surface area contributed by atoms with Gasteiger partial charge in [0.05, 0.1) is 6.08 Å². The van der Waals surface area contributed by atoms with E-state index in [2.05, 4.69) is 0 Å². The minimum Gasteiger partial charge on any atom is -0.619 e. The Morgan fingerprint density at radius 2 is 2.43 bits per heavy atom. The van der Waals surface area contributed by atoms with Crippen LogP contribution in [0.2, 0.25) is 0 Å². The first kappa shape index (κ1) is 4.05. The molecule has 7 heavy (non-hydrogen) atoms. The van der Waals surface area contributed by atoms with E-state index in [1.807, 2.05) is 0 Å². The molecule has 1 aliphatic rings. The fraction of sp³-hybridized carbons (Fsp3) is 0. The Labute approximate surface area is 40.2 Å². The van der Waals surface area contributed by atoms with Crippen molar-refractivity contribution in [3.05, 3.63) is 17.5 Å². The third kappa shape index (κ3) is 0.652. The molecule has 1 aliphatic heterocycles. The molecular formula is C4H3NO2. The van der Waals surface area contributed by atoms with Crippen LogP contribution in [0.5, 0.6) is 0 Å². The van der Waals surface area contributed by atoms with Crippen molar-refractivity contribution in [3.63, 3.8) is 0 Å². The maximum atomic E-state index is 10.1. The van der Waals surface area contributed by atoms with E-state index >= 15 is 0 Å². The predicted octanol–water partition coefficient (Wildman–Crippen LogP) is -0.336. The van der Waals surface area contributed by atoms with E-state index in [9.17, 15) is 10.0 Å². The van der Waals surface area contributed by atoms with Crippen LogP contribution in [-0.2, 0) is 4.79 Å². The summed E-state index contributed by atoms with van der Waals surface area (Å²) in [5.74, 6) is -0.241. The molecule has 0 saturated heterocycles. The highest BCUT2D eigenvalue weighted by Crippen LogP contribution is 1.83. The number of hydroxylamine groups is 1. The topological polar surface area (TPSA) is 43.1 Å². The summed E-state index contributed by atoms with van der Waals surface area (Å²) in [4.78, 5) is 10.1. The molecular weight excluding hydrogens is 94.0 g/mol. The highest BCUT2D eigenvalue weighted by Gasteiger charge is 2.03. The summed E-state index contributed by atoms with van der Waals surface area (Å²) < 4.78 is 0.475. The lowest BCUT2D eigenvalue weighted by molar-refractivity contribution is -0.368. The molecule has 0 spiro atoms.